The van der Waals surface area contributed by atoms with E-state index in [9.17, 15) is 31.2 Å². The van der Waals surface area contributed by atoms with Crippen LogP contribution in [0.25, 0.3) is 0 Å². The number of carbonyl (C=O) groups is 2. The lowest BCUT2D eigenvalue weighted by atomic mass is 10.1. The zero-order valence-corrected chi connectivity index (χ0v) is 26.2. The van der Waals surface area contributed by atoms with Crippen molar-refractivity contribution in [2.45, 2.75) is 69.2 Å². The predicted octanol–water partition coefficient (Wildman–Crippen LogP) is 6.45. The number of alkyl halides is 3. The Balaban J connectivity index is 1.73. The monoisotopic (exact) mass is 679 g/mol. The molecule has 0 saturated heterocycles. The van der Waals surface area contributed by atoms with Crippen molar-refractivity contribution in [2.75, 3.05) is 10.8 Å². The standard InChI is InChI=1S/C31H33BrF3N3O4S/c1-21-13-15-28(16-14-21)43(41,42)38(27-12-6-8-24(18-27)31(33,34)35)20-29(39)37(19-23-7-5-9-25(32)17-23)22(2)30(40)36-26-10-3-4-11-26/h5-9,12-18,22,26H,3-4,10-11,19-20H2,1-2H3,(H,36,40)/t22-/m0/s1. The van der Waals surface area contributed by atoms with Crippen LogP contribution in [0.5, 0.6) is 0 Å². The zero-order chi connectivity index (χ0) is 31.4. The molecule has 230 valence electrons. The fourth-order valence-corrected chi connectivity index (χ4v) is 6.86. The fourth-order valence-electron chi connectivity index (χ4n) is 5.01. The maximum absolute atomic E-state index is 14.0. The van der Waals surface area contributed by atoms with Gasteiger partial charge >= 0.3 is 6.18 Å². The summed E-state index contributed by atoms with van der Waals surface area (Å²) in [7, 11) is -4.50. The molecule has 0 heterocycles. The summed E-state index contributed by atoms with van der Waals surface area (Å²) in [5.41, 5.74) is 0.0734. The highest BCUT2D eigenvalue weighted by Crippen LogP contribution is 2.33. The number of hydrogen-bond acceptors (Lipinski definition) is 4. The van der Waals surface area contributed by atoms with Crippen molar-refractivity contribution in [1.82, 2.24) is 10.2 Å². The Morgan fingerprint density at radius 3 is 2.28 bits per heavy atom. The van der Waals surface area contributed by atoms with Crippen LogP contribution in [0.15, 0.2) is 82.2 Å². The number of nitrogens with zero attached hydrogens (tertiary/aromatic N) is 2. The maximum atomic E-state index is 14.0. The van der Waals surface area contributed by atoms with E-state index in [1.54, 1.807) is 50.2 Å². The quantitative estimate of drug-likeness (QED) is 0.267. The Bertz CT molecular complexity index is 1560. The largest absolute Gasteiger partial charge is 0.416 e. The van der Waals surface area contributed by atoms with Crippen LogP contribution in [0.3, 0.4) is 0 Å². The number of benzene rings is 3. The minimum absolute atomic E-state index is 0.0127. The molecule has 0 aliphatic heterocycles. The average Bonchev–Trinajstić information content (AvgIpc) is 3.47. The molecule has 0 unspecified atom stereocenters. The van der Waals surface area contributed by atoms with Crippen LogP contribution in [-0.2, 0) is 32.3 Å². The number of hydrogen-bond donors (Lipinski definition) is 1. The molecule has 3 aromatic rings. The lowest BCUT2D eigenvalue weighted by molar-refractivity contribution is -0.139. The molecular weight excluding hydrogens is 647 g/mol. The number of carbonyl (C=O) groups excluding carboxylic acids is 2. The highest BCUT2D eigenvalue weighted by atomic mass is 79.9. The van der Waals surface area contributed by atoms with Gasteiger partial charge in [0.1, 0.15) is 12.6 Å². The number of anilines is 1. The summed E-state index contributed by atoms with van der Waals surface area (Å²) in [5, 5.41) is 2.98. The first-order chi connectivity index (χ1) is 20.3. The minimum atomic E-state index is -4.74. The van der Waals surface area contributed by atoms with E-state index in [0.717, 1.165) is 47.9 Å². The lowest BCUT2D eigenvalue weighted by Gasteiger charge is -2.32. The van der Waals surface area contributed by atoms with Crippen molar-refractivity contribution in [3.63, 3.8) is 0 Å². The van der Waals surface area contributed by atoms with Gasteiger partial charge in [0.05, 0.1) is 16.1 Å². The fraction of sp³-hybridized carbons (Fsp3) is 0.355. The molecule has 12 heteroatoms. The number of halogens is 4. The smallest absolute Gasteiger partial charge is 0.352 e. The molecule has 1 fully saturated rings. The van der Waals surface area contributed by atoms with Crippen LogP contribution in [0.2, 0.25) is 0 Å². The van der Waals surface area contributed by atoms with Gasteiger partial charge in [0, 0.05) is 17.1 Å². The second-order valence-electron chi connectivity index (χ2n) is 10.7. The average molecular weight is 681 g/mol. The van der Waals surface area contributed by atoms with Gasteiger partial charge in [-0.05, 0) is 74.7 Å². The Labute approximate surface area is 258 Å². The highest BCUT2D eigenvalue weighted by molar-refractivity contribution is 9.10. The van der Waals surface area contributed by atoms with Gasteiger partial charge in [-0.1, -0.05) is 64.7 Å². The number of amides is 2. The third kappa shape index (κ3) is 8.17. The molecule has 0 bridgehead atoms. The first-order valence-electron chi connectivity index (χ1n) is 13.9. The van der Waals surface area contributed by atoms with Crippen LogP contribution < -0.4 is 9.62 Å². The summed E-state index contributed by atoms with van der Waals surface area (Å²) in [6.07, 6.45) is -1.10. The van der Waals surface area contributed by atoms with E-state index in [-0.39, 0.29) is 29.1 Å². The number of aryl methyl sites for hydroxylation is 1. The maximum Gasteiger partial charge on any atom is 0.416 e. The van der Waals surface area contributed by atoms with Gasteiger partial charge in [-0.25, -0.2) is 8.42 Å². The van der Waals surface area contributed by atoms with Crippen LogP contribution in [-0.4, -0.2) is 43.8 Å². The summed E-state index contributed by atoms with van der Waals surface area (Å²) >= 11 is 3.40. The molecule has 1 aliphatic rings. The molecule has 1 aliphatic carbocycles. The van der Waals surface area contributed by atoms with E-state index >= 15 is 0 Å². The SMILES string of the molecule is Cc1ccc(S(=O)(=O)N(CC(=O)N(Cc2cccc(Br)c2)[C@@H](C)C(=O)NC2CCCC2)c2cccc(C(F)(F)F)c2)cc1. The van der Waals surface area contributed by atoms with Crippen LogP contribution in [0, 0.1) is 6.92 Å². The van der Waals surface area contributed by atoms with Crippen molar-refractivity contribution in [2.24, 2.45) is 0 Å². The van der Waals surface area contributed by atoms with Crippen molar-refractivity contribution in [3.05, 3.63) is 94.0 Å². The summed E-state index contributed by atoms with van der Waals surface area (Å²) < 4.78 is 70.1. The lowest BCUT2D eigenvalue weighted by Crippen LogP contribution is -2.52. The molecule has 0 spiro atoms. The molecule has 7 nitrogen and oxygen atoms in total. The molecule has 2 amide bonds. The van der Waals surface area contributed by atoms with Gasteiger partial charge in [0.2, 0.25) is 11.8 Å². The third-order valence-electron chi connectivity index (χ3n) is 7.46. The van der Waals surface area contributed by atoms with E-state index in [1.165, 1.54) is 23.1 Å². The van der Waals surface area contributed by atoms with E-state index in [4.69, 9.17) is 0 Å². The summed E-state index contributed by atoms with van der Waals surface area (Å²) in [6.45, 7) is 2.47. The molecule has 1 N–H and O–H groups in total. The number of sulfonamides is 1. The van der Waals surface area contributed by atoms with E-state index < -0.39 is 40.3 Å². The first kappa shape index (κ1) is 32.5. The van der Waals surface area contributed by atoms with Crippen LogP contribution in [0.1, 0.15) is 49.3 Å². The number of rotatable bonds is 10. The Hall–Kier alpha value is -3.38. The molecule has 1 saturated carbocycles. The van der Waals surface area contributed by atoms with E-state index in [1.807, 2.05) is 0 Å². The van der Waals surface area contributed by atoms with E-state index in [0.29, 0.717) is 15.9 Å². The van der Waals surface area contributed by atoms with Crippen molar-refractivity contribution >= 4 is 43.5 Å². The molecule has 3 aromatic carbocycles. The van der Waals surface area contributed by atoms with Crippen molar-refractivity contribution in [1.29, 1.82) is 0 Å². The second-order valence-corrected chi connectivity index (χ2v) is 13.5. The molecule has 0 radical (unpaired) electrons. The summed E-state index contributed by atoms with van der Waals surface area (Å²) in [5.74, 6) is -1.13. The van der Waals surface area contributed by atoms with Gasteiger partial charge in [-0.3, -0.25) is 13.9 Å². The summed E-state index contributed by atoms with van der Waals surface area (Å²) in [6, 6.07) is 15.7. The molecular formula is C31H33BrF3N3O4S. The van der Waals surface area contributed by atoms with Gasteiger partial charge in [-0.15, -0.1) is 0 Å². The third-order valence-corrected chi connectivity index (χ3v) is 9.74. The normalized spacial score (nSPS) is 14.7. The Kier molecular flexibility index (Phi) is 10.2. The van der Waals surface area contributed by atoms with Crippen LogP contribution >= 0.6 is 15.9 Å². The van der Waals surface area contributed by atoms with Crippen LogP contribution in [0.4, 0.5) is 18.9 Å². The predicted molar refractivity (Wildman–Crippen MR) is 162 cm³/mol. The Morgan fingerprint density at radius 1 is 1.00 bits per heavy atom. The Morgan fingerprint density at radius 2 is 1.65 bits per heavy atom. The molecule has 1 atom stereocenters. The van der Waals surface area contributed by atoms with Gasteiger partial charge in [0.25, 0.3) is 10.0 Å². The van der Waals surface area contributed by atoms with Crippen molar-refractivity contribution < 1.29 is 31.2 Å². The van der Waals surface area contributed by atoms with Gasteiger partial charge in [-0.2, -0.15) is 13.2 Å². The minimum Gasteiger partial charge on any atom is -0.352 e. The zero-order valence-electron chi connectivity index (χ0n) is 23.8. The van der Waals surface area contributed by atoms with Gasteiger partial charge in [0.15, 0.2) is 0 Å². The van der Waals surface area contributed by atoms with Gasteiger partial charge < -0.3 is 10.2 Å². The molecule has 4 rings (SSSR count). The van der Waals surface area contributed by atoms with Crippen molar-refractivity contribution in [3.8, 4) is 0 Å². The molecule has 43 heavy (non-hydrogen) atoms. The summed E-state index contributed by atoms with van der Waals surface area (Å²) in [4.78, 5) is 28.4. The highest BCUT2D eigenvalue weighted by Gasteiger charge is 2.35. The molecule has 0 aromatic heterocycles. The second kappa shape index (κ2) is 13.5. The van der Waals surface area contributed by atoms with E-state index in [2.05, 4.69) is 21.2 Å². The first-order valence-corrected chi connectivity index (χ1v) is 16.1. The number of nitrogens with one attached hydrogen (secondary N) is 1. The topological polar surface area (TPSA) is 86.8 Å².